The van der Waals surface area contributed by atoms with Crippen molar-refractivity contribution < 1.29 is 64.5 Å². The van der Waals surface area contributed by atoms with Crippen molar-refractivity contribution in [2.45, 2.75) is 83.3 Å². The largest absolute Gasteiger partial charge is 0.484 e. The third-order valence-electron chi connectivity index (χ3n) is 9.55. The number of alkyl halides is 6. The van der Waals surface area contributed by atoms with Crippen molar-refractivity contribution in [1.82, 2.24) is 14.7 Å². The third-order valence-corrected chi connectivity index (χ3v) is 9.55. The number of anilines is 4. The summed E-state index contributed by atoms with van der Waals surface area (Å²) in [5, 5.41) is 4.71. The topological polar surface area (TPSA) is 203 Å². The number of carbonyl (C=O) groups is 4. The van der Waals surface area contributed by atoms with Crippen LogP contribution in [0.1, 0.15) is 58.6 Å². The van der Waals surface area contributed by atoms with Crippen LogP contribution < -0.4 is 31.6 Å². The minimum Gasteiger partial charge on any atom is -0.484 e. The van der Waals surface area contributed by atoms with Gasteiger partial charge in [-0.15, -0.1) is 0 Å². The zero-order valence-corrected chi connectivity index (χ0v) is 32.5. The SMILES string of the molecule is CC(C)(C)OC(=O)N1CC[C@@H](Oc2c(N)cc(C(F)(F)F)cc2NC(=O)C2=CC3=NCN2C(C)(C)OC(=O)N2CC[C@H](C2)Oc2c(N)cc(C(F)(F)F)cc2NC3=O)C1. The first kappa shape index (κ1) is 42.5. The van der Waals surface area contributed by atoms with Crippen molar-refractivity contribution in [2.75, 3.05) is 54.9 Å². The van der Waals surface area contributed by atoms with Crippen LogP contribution >= 0.6 is 0 Å². The Morgan fingerprint density at radius 3 is 2.27 bits per heavy atom. The van der Waals surface area contributed by atoms with Gasteiger partial charge in [0.25, 0.3) is 11.8 Å². The molecular weight excluding hydrogens is 798 g/mol. The average molecular weight is 841 g/mol. The number of aliphatic imine (C=N–C) groups is 1. The lowest BCUT2D eigenvalue weighted by atomic mass is 10.1. The molecule has 2 aromatic rings. The molecule has 0 aliphatic carbocycles. The number of likely N-dealkylation sites (tertiary alicyclic amines) is 1. The third kappa shape index (κ3) is 9.46. The number of hydrogen-bond donors (Lipinski definition) is 4. The number of amides is 4. The number of nitrogens with one attached hydrogen (secondary N) is 2. The van der Waals surface area contributed by atoms with Gasteiger partial charge in [0.1, 0.15) is 35.9 Å². The standard InChI is InChI=1S/C37H42F6N8O8/c1-34(2,3)58-32(54)49-8-6-20(15-49)57-29-23(45)11-19(37(41,42)43)13-25(29)48-31(53)27-14-26-30(52)47-24-12-18(36(38,39)40)10-22(44)28(24)56-21-7-9-50(16-21)33(55)59-35(4,5)51(27)17-46-26/h10-14,20-21H,6-9,15-17,44-45H2,1-5H3,(H,47,52)(H,48,53)/t20-,21-/m1/s1. The molecule has 7 rings (SSSR count). The van der Waals surface area contributed by atoms with Crippen molar-refractivity contribution in [3.8, 4) is 11.5 Å². The van der Waals surface area contributed by atoms with E-state index in [1.807, 2.05) is 0 Å². The van der Waals surface area contributed by atoms with Gasteiger partial charge in [-0.3, -0.25) is 14.6 Å². The Morgan fingerprint density at radius 1 is 0.949 bits per heavy atom. The van der Waals surface area contributed by atoms with Crippen LogP contribution in [-0.2, 0) is 31.4 Å². The lowest BCUT2D eigenvalue weighted by Gasteiger charge is -2.41. The van der Waals surface area contributed by atoms with E-state index in [1.165, 1.54) is 23.6 Å². The Labute approximate surface area is 333 Å². The van der Waals surface area contributed by atoms with E-state index in [9.17, 15) is 45.5 Å². The number of nitrogens with zero attached hydrogens (tertiary/aromatic N) is 4. The minimum absolute atomic E-state index is 0.0295. The summed E-state index contributed by atoms with van der Waals surface area (Å²) in [6, 6.07) is 2.44. The van der Waals surface area contributed by atoms with E-state index in [0.717, 1.165) is 11.0 Å². The number of nitrogens with two attached hydrogens (primary N) is 2. The van der Waals surface area contributed by atoms with Gasteiger partial charge in [-0.25, -0.2) is 9.59 Å². The number of ether oxygens (including phenoxy) is 4. The molecule has 0 saturated carbocycles. The Kier molecular flexibility index (Phi) is 11.0. The molecule has 5 heterocycles. The number of halogens is 6. The minimum atomic E-state index is -4.94. The Hall–Kier alpha value is -6.09. The van der Waals surface area contributed by atoms with Crippen molar-refractivity contribution in [2.24, 2.45) is 4.99 Å². The van der Waals surface area contributed by atoms with Crippen molar-refractivity contribution in [3.63, 3.8) is 0 Å². The van der Waals surface area contributed by atoms with Crippen LogP contribution in [0.4, 0.5) is 58.7 Å². The Morgan fingerprint density at radius 2 is 1.61 bits per heavy atom. The van der Waals surface area contributed by atoms with Gasteiger partial charge in [0.15, 0.2) is 17.2 Å². The second-order valence-electron chi connectivity index (χ2n) is 15.7. The van der Waals surface area contributed by atoms with E-state index in [-0.39, 0.29) is 50.5 Å². The number of nitrogen functional groups attached to an aromatic ring is 2. The van der Waals surface area contributed by atoms with Crippen LogP contribution in [0, 0.1) is 0 Å². The maximum absolute atomic E-state index is 14.3. The molecule has 4 amide bonds. The molecule has 2 fully saturated rings. The van der Waals surface area contributed by atoms with Gasteiger partial charge < -0.3 is 55.7 Å². The van der Waals surface area contributed by atoms with Crippen LogP contribution in [0.15, 0.2) is 41.0 Å². The Balaban J connectivity index is 1.37. The van der Waals surface area contributed by atoms with Crippen molar-refractivity contribution >= 4 is 52.5 Å². The summed E-state index contributed by atoms with van der Waals surface area (Å²) in [5.41, 5.74) is 4.14. The van der Waals surface area contributed by atoms with Gasteiger partial charge in [0, 0.05) is 25.9 Å². The fourth-order valence-corrected chi connectivity index (χ4v) is 6.69. The summed E-state index contributed by atoms with van der Waals surface area (Å²) in [5.74, 6) is -2.94. The predicted molar refractivity (Wildman–Crippen MR) is 199 cm³/mol. The van der Waals surface area contributed by atoms with E-state index < -0.39 is 112 Å². The van der Waals surface area contributed by atoms with E-state index in [1.54, 1.807) is 20.8 Å². The average Bonchev–Trinajstić information content (AvgIpc) is 3.79. The van der Waals surface area contributed by atoms with Gasteiger partial charge in [-0.2, -0.15) is 26.3 Å². The highest BCUT2D eigenvalue weighted by molar-refractivity contribution is 6.48. The van der Waals surface area contributed by atoms with Crippen LogP contribution in [0.5, 0.6) is 11.5 Å². The smallest absolute Gasteiger partial charge is 0.416 e. The molecule has 5 aliphatic heterocycles. The highest BCUT2D eigenvalue weighted by Gasteiger charge is 2.42. The van der Waals surface area contributed by atoms with Gasteiger partial charge in [-0.05, 0) is 65.0 Å². The Bertz CT molecular complexity index is 2120. The molecule has 6 N–H and O–H groups in total. The summed E-state index contributed by atoms with van der Waals surface area (Å²) in [6.07, 6.45) is -11.6. The molecule has 2 atom stereocenters. The molecule has 0 aromatic heterocycles. The lowest BCUT2D eigenvalue weighted by Crippen LogP contribution is -2.52. The first-order valence-corrected chi connectivity index (χ1v) is 18.3. The van der Waals surface area contributed by atoms with Crippen LogP contribution in [0.25, 0.3) is 0 Å². The van der Waals surface area contributed by atoms with Gasteiger partial charge >= 0.3 is 24.5 Å². The normalized spacial score (nSPS) is 21.0. The maximum Gasteiger partial charge on any atom is 0.416 e. The number of carbonyl (C=O) groups excluding carboxylic acids is 4. The second kappa shape index (κ2) is 15.3. The fourth-order valence-electron chi connectivity index (χ4n) is 6.69. The maximum atomic E-state index is 14.3. The molecule has 4 bridgehead atoms. The molecule has 59 heavy (non-hydrogen) atoms. The fraction of sp³-hybridized carbons (Fsp3) is 0.486. The predicted octanol–water partition coefficient (Wildman–Crippen LogP) is 5.79. The highest BCUT2D eigenvalue weighted by Crippen LogP contribution is 2.43. The van der Waals surface area contributed by atoms with Crippen LogP contribution in [0.2, 0.25) is 0 Å². The van der Waals surface area contributed by atoms with Crippen LogP contribution in [-0.4, -0.2) is 101 Å². The number of hydrogen-bond acceptors (Lipinski definition) is 12. The first-order valence-electron chi connectivity index (χ1n) is 18.3. The van der Waals surface area contributed by atoms with Crippen molar-refractivity contribution in [3.05, 3.63) is 47.2 Å². The quantitative estimate of drug-likeness (QED) is 0.214. The summed E-state index contributed by atoms with van der Waals surface area (Å²) in [4.78, 5) is 62.2. The second-order valence-corrected chi connectivity index (χ2v) is 15.7. The number of rotatable bonds is 4. The summed E-state index contributed by atoms with van der Waals surface area (Å²) in [7, 11) is 0. The molecule has 2 saturated heterocycles. The number of benzene rings is 2. The highest BCUT2D eigenvalue weighted by atomic mass is 19.4. The number of fused-ring (bicyclic) bond motifs is 4. The monoisotopic (exact) mass is 840 g/mol. The first-order chi connectivity index (χ1) is 27.3. The lowest BCUT2D eigenvalue weighted by molar-refractivity contribution is -0.138. The molecule has 2 aromatic carbocycles. The summed E-state index contributed by atoms with van der Waals surface area (Å²) in [6.45, 7) is 7.43. The molecule has 0 radical (unpaired) electrons. The van der Waals surface area contributed by atoms with E-state index in [4.69, 9.17) is 30.4 Å². The van der Waals surface area contributed by atoms with E-state index in [2.05, 4.69) is 15.6 Å². The van der Waals surface area contributed by atoms with Gasteiger partial charge in [0.05, 0.1) is 47.0 Å². The molecule has 16 nitrogen and oxygen atoms in total. The van der Waals surface area contributed by atoms with E-state index in [0.29, 0.717) is 24.3 Å². The molecule has 320 valence electrons. The molecule has 0 unspecified atom stereocenters. The molecule has 5 aliphatic rings. The summed E-state index contributed by atoms with van der Waals surface area (Å²) < 4.78 is 107. The van der Waals surface area contributed by atoms with Gasteiger partial charge in [0.2, 0.25) is 0 Å². The van der Waals surface area contributed by atoms with E-state index >= 15 is 0 Å². The molecule has 22 heteroatoms. The van der Waals surface area contributed by atoms with Gasteiger partial charge in [-0.1, -0.05) is 0 Å². The summed E-state index contributed by atoms with van der Waals surface area (Å²) >= 11 is 0. The van der Waals surface area contributed by atoms with Crippen molar-refractivity contribution in [1.29, 1.82) is 0 Å². The molecule has 0 spiro atoms. The van der Waals surface area contributed by atoms with Crippen LogP contribution in [0.3, 0.4) is 0 Å². The zero-order valence-electron chi connectivity index (χ0n) is 32.5. The molecular formula is C37H42F6N8O8. The zero-order chi connectivity index (χ0) is 43.4.